The largest absolute Gasteiger partial charge is 0.467 e. The van der Waals surface area contributed by atoms with Crippen LogP contribution in [-0.4, -0.2) is 28.3 Å². The molecule has 1 aliphatic rings. The molecule has 1 N–H and O–H groups in total. The quantitative estimate of drug-likeness (QED) is 0.915. The van der Waals surface area contributed by atoms with E-state index in [-0.39, 0.29) is 6.79 Å². The standard InChI is InChI=1S/C14H17ClN4O2/c1-2-16-5-13-7-19(18-17-13)6-10-3-12(15)4-11-8-20-9-21-14(10)11/h3-4,7,16H,2,5-6,8-9H2,1H3. The van der Waals surface area contributed by atoms with Crippen molar-refractivity contribution >= 4 is 11.6 Å². The number of aromatic nitrogens is 3. The third-order valence-corrected chi connectivity index (χ3v) is 3.44. The highest BCUT2D eigenvalue weighted by molar-refractivity contribution is 6.30. The molecule has 1 aromatic carbocycles. The summed E-state index contributed by atoms with van der Waals surface area (Å²) in [5.74, 6) is 0.842. The van der Waals surface area contributed by atoms with Crippen molar-refractivity contribution < 1.29 is 9.47 Å². The molecule has 112 valence electrons. The van der Waals surface area contributed by atoms with Crippen molar-refractivity contribution in [2.24, 2.45) is 0 Å². The van der Waals surface area contributed by atoms with Crippen molar-refractivity contribution in [3.63, 3.8) is 0 Å². The van der Waals surface area contributed by atoms with Gasteiger partial charge in [-0.2, -0.15) is 0 Å². The van der Waals surface area contributed by atoms with Crippen LogP contribution in [-0.2, 0) is 24.4 Å². The van der Waals surface area contributed by atoms with Crippen molar-refractivity contribution in [1.82, 2.24) is 20.3 Å². The fourth-order valence-corrected chi connectivity index (χ4v) is 2.56. The van der Waals surface area contributed by atoms with E-state index in [1.54, 1.807) is 4.68 Å². The number of fused-ring (bicyclic) bond motifs is 1. The van der Waals surface area contributed by atoms with E-state index < -0.39 is 0 Å². The predicted octanol–water partition coefficient (Wildman–Crippen LogP) is 1.96. The molecular formula is C14H17ClN4O2. The average Bonchev–Trinajstić information content (AvgIpc) is 2.92. The van der Waals surface area contributed by atoms with E-state index in [1.807, 2.05) is 18.3 Å². The van der Waals surface area contributed by atoms with Crippen LogP contribution in [0.1, 0.15) is 23.7 Å². The summed E-state index contributed by atoms with van der Waals surface area (Å²) in [6.45, 7) is 5.04. The second-order valence-electron chi connectivity index (χ2n) is 4.85. The van der Waals surface area contributed by atoms with Gasteiger partial charge in [-0.05, 0) is 18.7 Å². The van der Waals surface area contributed by atoms with E-state index in [2.05, 4.69) is 22.6 Å². The zero-order valence-corrected chi connectivity index (χ0v) is 12.6. The second kappa shape index (κ2) is 6.43. The number of nitrogens with zero attached hydrogens (tertiary/aromatic N) is 3. The zero-order valence-electron chi connectivity index (χ0n) is 11.8. The van der Waals surface area contributed by atoms with Gasteiger partial charge in [0.05, 0.1) is 25.0 Å². The van der Waals surface area contributed by atoms with Gasteiger partial charge >= 0.3 is 0 Å². The maximum atomic E-state index is 6.16. The fourth-order valence-electron chi connectivity index (χ4n) is 2.30. The fraction of sp³-hybridized carbons (Fsp3) is 0.429. The predicted molar refractivity (Wildman–Crippen MR) is 78.2 cm³/mol. The Labute approximate surface area is 128 Å². The lowest BCUT2D eigenvalue weighted by atomic mass is 10.1. The van der Waals surface area contributed by atoms with E-state index in [0.29, 0.717) is 24.7 Å². The molecule has 0 bridgehead atoms. The summed E-state index contributed by atoms with van der Waals surface area (Å²) in [5, 5.41) is 12.2. The molecule has 0 unspecified atom stereocenters. The Morgan fingerprint density at radius 2 is 2.33 bits per heavy atom. The lowest BCUT2D eigenvalue weighted by molar-refractivity contribution is -0.0171. The Balaban J connectivity index is 1.81. The summed E-state index contributed by atoms with van der Waals surface area (Å²) in [7, 11) is 0. The average molecular weight is 309 g/mol. The minimum absolute atomic E-state index is 0.269. The van der Waals surface area contributed by atoms with Crippen molar-refractivity contribution in [3.05, 3.63) is 40.2 Å². The van der Waals surface area contributed by atoms with Gasteiger partial charge in [-0.1, -0.05) is 23.7 Å². The highest BCUT2D eigenvalue weighted by Crippen LogP contribution is 2.32. The smallest absolute Gasteiger partial charge is 0.189 e. The van der Waals surface area contributed by atoms with E-state index in [1.165, 1.54) is 0 Å². The molecule has 6 nitrogen and oxygen atoms in total. The second-order valence-corrected chi connectivity index (χ2v) is 5.29. The Bertz CT molecular complexity index is 629. The lowest BCUT2D eigenvalue weighted by Crippen LogP contribution is -2.14. The molecular weight excluding hydrogens is 292 g/mol. The molecule has 0 atom stereocenters. The summed E-state index contributed by atoms with van der Waals surface area (Å²) >= 11 is 6.16. The number of hydrogen-bond acceptors (Lipinski definition) is 5. The third-order valence-electron chi connectivity index (χ3n) is 3.23. The van der Waals surface area contributed by atoms with Crippen LogP contribution in [0, 0.1) is 0 Å². The number of benzene rings is 1. The molecule has 0 amide bonds. The van der Waals surface area contributed by atoms with Crippen molar-refractivity contribution in [1.29, 1.82) is 0 Å². The molecule has 21 heavy (non-hydrogen) atoms. The molecule has 1 aliphatic heterocycles. The molecule has 0 saturated heterocycles. The van der Waals surface area contributed by atoms with Gasteiger partial charge in [0.1, 0.15) is 5.75 Å². The van der Waals surface area contributed by atoms with Crippen LogP contribution in [0.2, 0.25) is 5.02 Å². The van der Waals surface area contributed by atoms with Crippen molar-refractivity contribution in [3.8, 4) is 5.75 Å². The first-order valence-electron chi connectivity index (χ1n) is 6.88. The first kappa shape index (κ1) is 14.3. The maximum absolute atomic E-state index is 6.16. The zero-order chi connectivity index (χ0) is 14.7. The van der Waals surface area contributed by atoms with Crippen LogP contribution in [0.3, 0.4) is 0 Å². The van der Waals surface area contributed by atoms with Crippen LogP contribution in [0.4, 0.5) is 0 Å². The highest BCUT2D eigenvalue weighted by atomic mass is 35.5. The molecule has 7 heteroatoms. The van der Waals surface area contributed by atoms with Crippen LogP contribution >= 0.6 is 11.6 Å². The molecule has 0 radical (unpaired) electrons. The van der Waals surface area contributed by atoms with Crippen molar-refractivity contribution in [2.45, 2.75) is 26.6 Å². The van der Waals surface area contributed by atoms with E-state index >= 15 is 0 Å². The first-order chi connectivity index (χ1) is 10.3. The molecule has 0 spiro atoms. The van der Waals surface area contributed by atoms with Crippen LogP contribution < -0.4 is 10.1 Å². The van der Waals surface area contributed by atoms with E-state index in [9.17, 15) is 0 Å². The number of halogens is 1. The van der Waals surface area contributed by atoms with Gasteiger partial charge in [0, 0.05) is 22.7 Å². The Morgan fingerprint density at radius 1 is 1.43 bits per heavy atom. The summed E-state index contributed by atoms with van der Waals surface area (Å²) < 4.78 is 12.7. The van der Waals surface area contributed by atoms with E-state index in [0.717, 1.165) is 29.1 Å². The number of rotatable bonds is 5. The third kappa shape index (κ3) is 3.34. The van der Waals surface area contributed by atoms with Gasteiger partial charge in [-0.3, -0.25) is 0 Å². The van der Waals surface area contributed by atoms with Gasteiger partial charge in [-0.25, -0.2) is 4.68 Å². The molecule has 1 aromatic heterocycles. The molecule has 2 heterocycles. The Hall–Kier alpha value is -1.63. The maximum Gasteiger partial charge on any atom is 0.189 e. The molecule has 3 rings (SSSR count). The van der Waals surface area contributed by atoms with Gasteiger partial charge in [0.2, 0.25) is 0 Å². The summed E-state index contributed by atoms with van der Waals surface area (Å²) in [4.78, 5) is 0. The molecule has 0 fully saturated rings. The first-order valence-corrected chi connectivity index (χ1v) is 7.25. The summed E-state index contributed by atoms with van der Waals surface area (Å²) in [5.41, 5.74) is 2.87. The van der Waals surface area contributed by atoms with Gasteiger partial charge in [0.25, 0.3) is 0 Å². The van der Waals surface area contributed by atoms with Crippen molar-refractivity contribution in [2.75, 3.05) is 13.3 Å². The lowest BCUT2D eigenvalue weighted by Gasteiger charge is -2.21. The minimum atomic E-state index is 0.269. The molecule has 0 saturated carbocycles. The Morgan fingerprint density at radius 3 is 3.19 bits per heavy atom. The number of nitrogens with one attached hydrogen (secondary N) is 1. The Kier molecular flexibility index (Phi) is 4.38. The van der Waals surface area contributed by atoms with Gasteiger partial charge in [0.15, 0.2) is 6.79 Å². The number of ether oxygens (including phenoxy) is 2. The highest BCUT2D eigenvalue weighted by Gasteiger charge is 2.17. The topological polar surface area (TPSA) is 61.2 Å². The SMILES string of the molecule is CCNCc1cn(Cc2cc(Cl)cc3c2OCOC3)nn1. The molecule has 2 aromatic rings. The monoisotopic (exact) mass is 308 g/mol. The minimum Gasteiger partial charge on any atom is -0.467 e. The van der Waals surface area contributed by atoms with Crippen LogP contribution in [0.25, 0.3) is 0 Å². The normalized spacial score (nSPS) is 13.8. The number of hydrogen-bond donors (Lipinski definition) is 1. The van der Waals surface area contributed by atoms with E-state index in [4.69, 9.17) is 21.1 Å². The molecule has 0 aliphatic carbocycles. The van der Waals surface area contributed by atoms with Crippen LogP contribution in [0.5, 0.6) is 5.75 Å². The van der Waals surface area contributed by atoms with Gasteiger partial charge in [-0.15, -0.1) is 5.10 Å². The van der Waals surface area contributed by atoms with Crippen LogP contribution in [0.15, 0.2) is 18.3 Å². The summed E-state index contributed by atoms with van der Waals surface area (Å²) in [6.07, 6.45) is 1.93. The van der Waals surface area contributed by atoms with Gasteiger partial charge < -0.3 is 14.8 Å². The summed E-state index contributed by atoms with van der Waals surface area (Å²) in [6, 6.07) is 3.77.